The second kappa shape index (κ2) is 7.98. The SMILES string of the molecule is C=CCOC(=O)C1=C(c2ccc(C(=O)NCC)cc2)CC2C(C(C)O)C(=O)N12. The molecule has 2 aliphatic rings. The molecule has 0 bridgehead atoms. The van der Waals surface area contributed by atoms with Crippen LogP contribution in [-0.4, -0.2) is 53.1 Å². The van der Waals surface area contributed by atoms with Gasteiger partial charge in [-0.1, -0.05) is 24.8 Å². The van der Waals surface area contributed by atoms with Crippen molar-refractivity contribution in [3.63, 3.8) is 0 Å². The van der Waals surface area contributed by atoms with Gasteiger partial charge in [0, 0.05) is 12.1 Å². The van der Waals surface area contributed by atoms with E-state index in [-0.39, 0.29) is 30.2 Å². The number of carbonyl (C=O) groups is 3. The molecule has 0 spiro atoms. The quantitative estimate of drug-likeness (QED) is 0.422. The zero-order valence-electron chi connectivity index (χ0n) is 16.0. The highest BCUT2D eigenvalue weighted by molar-refractivity contribution is 6.07. The molecule has 1 aromatic carbocycles. The zero-order chi connectivity index (χ0) is 20.4. The molecule has 7 heteroatoms. The summed E-state index contributed by atoms with van der Waals surface area (Å²) < 4.78 is 5.18. The zero-order valence-corrected chi connectivity index (χ0v) is 16.0. The fourth-order valence-corrected chi connectivity index (χ4v) is 3.80. The number of aliphatic hydroxyl groups excluding tert-OH is 1. The van der Waals surface area contributed by atoms with Gasteiger partial charge >= 0.3 is 5.97 Å². The lowest BCUT2D eigenvalue weighted by atomic mass is 9.82. The third kappa shape index (κ3) is 3.33. The van der Waals surface area contributed by atoms with Crippen LogP contribution in [0.25, 0.3) is 5.57 Å². The Labute approximate surface area is 163 Å². The Hall–Kier alpha value is -2.93. The van der Waals surface area contributed by atoms with E-state index in [1.165, 1.54) is 11.0 Å². The maximum absolute atomic E-state index is 12.6. The molecule has 28 heavy (non-hydrogen) atoms. The molecule has 1 saturated heterocycles. The number of rotatable bonds is 7. The van der Waals surface area contributed by atoms with Gasteiger partial charge in [0.2, 0.25) is 5.91 Å². The molecule has 3 atom stereocenters. The molecular weight excluding hydrogens is 360 g/mol. The number of nitrogens with zero attached hydrogens (tertiary/aromatic N) is 1. The summed E-state index contributed by atoms with van der Waals surface area (Å²) in [6, 6.07) is 6.62. The van der Waals surface area contributed by atoms with Crippen LogP contribution in [0.1, 0.15) is 36.2 Å². The van der Waals surface area contributed by atoms with Gasteiger partial charge in [-0.2, -0.15) is 0 Å². The Bertz CT molecular complexity index is 841. The number of aliphatic hydroxyl groups is 1. The topological polar surface area (TPSA) is 95.9 Å². The third-order valence-corrected chi connectivity index (χ3v) is 5.09. The Morgan fingerprint density at radius 1 is 1.39 bits per heavy atom. The van der Waals surface area contributed by atoms with Gasteiger partial charge in [0.25, 0.3) is 5.91 Å². The van der Waals surface area contributed by atoms with Crippen molar-refractivity contribution in [3.8, 4) is 0 Å². The number of esters is 1. The maximum atomic E-state index is 12.6. The number of β-lactam (4-membered cyclic amide) rings is 1. The van der Waals surface area contributed by atoms with E-state index in [1.807, 2.05) is 6.92 Å². The molecule has 0 radical (unpaired) electrons. The molecule has 1 fully saturated rings. The van der Waals surface area contributed by atoms with Crippen LogP contribution >= 0.6 is 0 Å². The van der Waals surface area contributed by atoms with Crippen molar-refractivity contribution >= 4 is 23.4 Å². The summed E-state index contributed by atoms with van der Waals surface area (Å²) in [6.45, 7) is 7.53. The van der Waals surface area contributed by atoms with Crippen LogP contribution in [0, 0.1) is 5.92 Å². The minimum Gasteiger partial charge on any atom is -0.457 e. The summed E-state index contributed by atoms with van der Waals surface area (Å²) in [5.41, 5.74) is 2.14. The summed E-state index contributed by atoms with van der Waals surface area (Å²) >= 11 is 0. The lowest BCUT2D eigenvalue weighted by molar-refractivity contribution is -0.162. The predicted octanol–water partition coefficient (Wildman–Crippen LogP) is 1.49. The Morgan fingerprint density at radius 2 is 2.07 bits per heavy atom. The number of ether oxygens (including phenoxy) is 1. The van der Waals surface area contributed by atoms with Crippen molar-refractivity contribution < 1.29 is 24.2 Å². The first-order valence-electron chi connectivity index (χ1n) is 9.31. The molecule has 3 rings (SSSR count). The first kappa shape index (κ1) is 19.8. The minimum atomic E-state index is -0.793. The lowest BCUT2D eigenvalue weighted by Crippen LogP contribution is -2.61. The van der Waals surface area contributed by atoms with Crippen molar-refractivity contribution in [2.24, 2.45) is 5.92 Å². The first-order valence-corrected chi connectivity index (χ1v) is 9.31. The second-order valence-electron chi connectivity index (χ2n) is 6.90. The van der Waals surface area contributed by atoms with E-state index in [4.69, 9.17) is 4.74 Å². The fraction of sp³-hybridized carbons (Fsp3) is 0.381. The van der Waals surface area contributed by atoms with E-state index in [0.717, 1.165) is 5.56 Å². The van der Waals surface area contributed by atoms with Crippen molar-refractivity contribution in [1.82, 2.24) is 10.2 Å². The number of fused-ring (bicyclic) bond motifs is 1. The van der Waals surface area contributed by atoms with Crippen LogP contribution in [0.2, 0.25) is 0 Å². The summed E-state index contributed by atoms with van der Waals surface area (Å²) in [6.07, 6.45) is 1.11. The normalized spacial score (nSPS) is 21.7. The fourth-order valence-electron chi connectivity index (χ4n) is 3.80. The van der Waals surface area contributed by atoms with Gasteiger partial charge in [0.1, 0.15) is 12.3 Å². The smallest absolute Gasteiger partial charge is 0.355 e. The summed E-state index contributed by atoms with van der Waals surface area (Å²) in [5.74, 6) is -1.58. The van der Waals surface area contributed by atoms with Crippen molar-refractivity contribution in [2.75, 3.05) is 13.2 Å². The lowest BCUT2D eigenvalue weighted by Gasteiger charge is -2.44. The van der Waals surface area contributed by atoms with Gasteiger partial charge in [-0.15, -0.1) is 0 Å². The van der Waals surface area contributed by atoms with Crippen LogP contribution in [0.15, 0.2) is 42.6 Å². The highest BCUT2D eigenvalue weighted by Gasteiger charge is 2.57. The standard InChI is InChI=1S/C21H24N2O5/c1-4-10-28-21(27)18-15(11-16-17(12(3)24)20(26)23(16)18)13-6-8-14(9-7-13)19(25)22-5-2/h4,6-9,12,16-17,24H,1,5,10-11H2,2-3H3,(H,22,25). The van der Waals surface area contributed by atoms with E-state index in [1.54, 1.807) is 31.2 Å². The third-order valence-electron chi connectivity index (χ3n) is 5.09. The maximum Gasteiger partial charge on any atom is 0.355 e. The minimum absolute atomic E-state index is 0.0399. The number of carbonyl (C=O) groups excluding carboxylic acids is 3. The van der Waals surface area contributed by atoms with Crippen molar-refractivity contribution in [2.45, 2.75) is 32.4 Å². The van der Waals surface area contributed by atoms with Crippen LogP contribution in [0.4, 0.5) is 0 Å². The number of benzene rings is 1. The molecule has 0 saturated carbocycles. The molecule has 0 aromatic heterocycles. The molecule has 2 aliphatic heterocycles. The molecule has 2 N–H and O–H groups in total. The van der Waals surface area contributed by atoms with Crippen LogP contribution in [0.3, 0.4) is 0 Å². The number of hydrogen-bond donors (Lipinski definition) is 2. The van der Waals surface area contributed by atoms with Gasteiger partial charge < -0.3 is 20.1 Å². The van der Waals surface area contributed by atoms with Crippen molar-refractivity contribution in [3.05, 3.63) is 53.7 Å². The van der Waals surface area contributed by atoms with Gasteiger partial charge in [0.15, 0.2) is 0 Å². The van der Waals surface area contributed by atoms with Gasteiger partial charge in [-0.05, 0) is 43.5 Å². The van der Waals surface area contributed by atoms with Crippen LogP contribution in [-0.2, 0) is 14.3 Å². The first-order chi connectivity index (χ1) is 13.4. The Kier molecular flexibility index (Phi) is 5.65. The Morgan fingerprint density at radius 3 is 2.64 bits per heavy atom. The number of hydrogen-bond acceptors (Lipinski definition) is 5. The molecule has 2 amide bonds. The van der Waals surface area contributed by atoms with E-state index in [2.05, 4.69) is 11.9 Å². The molecule has 2 heterocycles. The summed E-state index contributed by atoms with van der Waals surface area (Å²) in [5, 5.41) is 12.7. The largest absolute Gasteiger partial charge is 0.457 e. The van der Waals surface area contributed by atoms with Crippen LogP contribution in [0.5, 0.6) is 0 Å². The van der Waals surface area contributed by atoms with E-state index >= 15 is 0 Å². The molecular formula is C21H24N2O5. The highest BCUT2D eigenvalue weighted by Crippen LogP contribution is 2.47. The average molecular weight is 384 g/mol. The average Bonchev–Trinajstić information content (AvgIpc) is 3.01. The summed E-state index contributed by atoms with van der Waals surface area (Å²) in [4.78, 5) is 38.5. The Balaban J connectivity index is 1.95. The molecule has 1 aromatic rings. The van der Waals surface area contributed by atoms with Crippen LogP contribution < -0.4 is 5.32 Å². The number of nitrogens with one attached hydrogen (secondary N) is 1. The van der Waals surface area contributed by atoms with Gasteiger partial charge in [-0.3, -0.25) is 9.59 Å². The van der Waals surface area contributed by atoms with Gasteiger partial charge in [-0.25, -0.2) is 4.79 Å². The second-order valence-corrected chi connectivity index (χ2v) is 6.90. The molecule has 7 nitrogen and oxygen atoms in total. The highest BCUT2D eigenvalue weighted by atomic mass is 16.5. The van der Waals surface area contributed by atoms with E-state index in [0.29, 0.717) is 24.1 Å². The van der Waals surface area contributed by atoms with Gasteiger partial charge in [0.05, 0.1) is 18.1 Å². The number of amides is 2. The predicted molar refractivity (Wildman–Crippen MR) is 103 cm³/mol. The van der Waals surface area contributed by atoms with Crippen molar-refractivity contribution in [1.29, 1.82) is 0 Å². The molecule has 0 aliphatic carbocycles. The molecule has 3 unspecified atom stereocenters. The van der Waals surface area contributed by atoms with E-state index in [9.17, 15) is 19.5 Å². The monoisotopic (exact) mass is 384 g/mol. The summed E-state index contributed by atoms with van der Waals surface area (Å²) in [7, 11) is 0. The molecule has 148 valence electrons. The van der Waals surface area contributed by atoms with E-state index < -0.39 is 18.0 Å².